The van der Waals surface area contributed by atoms with Gasteiger partial charge in [-0.2, -0.15) is 0 Å². The van der Waals surface area contributed by atoms with Crippen LogP contribution < -0.4 is 16.4 Å². The summed E-state index contributed by atoms with van der Waals surface area (Å²) in [5.41, 5.74) is 6.01. The van der Waals surface area contributed by atoms with Crippen molar-refractivity contribution in [1.29, 1.82) is 0 Å². The van der Waals surface area contributed by atoms with E-state index in [1.807, 2.05) is 24.3 Å². The van der Waals surface area contributed by atoms with E-state index >= 15 is 0 Å². The van der Waals surface area contributed by atoms with Gasteiger partial charge in [-0.25, -0.2) is 0 Å². The topological polar surface area (TPSA) is 97.1 Å². The van der Waals surface area contributed by atoms with Crippen LogP contribution in [-0.4, -0.2) is 29.4 Å². The maximum atomic E-state index is 12.1. The smallest absolute Gasteiger partial charge is 0.247 e. The summed E-state index contributed by atoms with van der Waals surface area (Å²) in [5, 5.41) is 7.35. The molecule has 1 aromatic carbocycles. The highest BCUT2D eigenvalue weighted by Gasteiger charge is 2.47. The second kappa shape index (κ2) is 5.14. The Morgan fingerprint density at radius 3 is 2.95 bits per heavy atom. The second-order valence-electron chi connectivity index (χ2n) is 5.20. The number of nitrogens with zero attached hydrogens (tertiary/aromatic N) is 1. The molecular formula is C15H16N4O2. The van der Waals surface area contributed by atoms with Crippen molar-refractivity contribution in [1.82, 2.24) is 15.6 Å². The number of rotatable bonds is 4. The first kappa shape index (κ1) is 13.5. The lowest BCUT2D eigenvalue weighted by Crippen LogP contribution is -2.57. The minimum Gasteiger partial charge on any atom is -0.354 e. The van der Waals surface area contributed by atoms with Crippen molar-refractivity contribution in [2.24, 2.45) is 5.73 Å². The average molecular weight is 284 g/mol. The van der Waals surface area contributed by atoms with E-state index in [-0.39, 0.29) is 5.91 Å². The van der Waals surface area contributed by atoms with Crippen LogP contribution in [0.15, 0.2) is 36.7 Å². The molecule has 0 spiro atoms. The molecule has 1 saturated heterocycles. The van der Waals surface area contributed by atoms with Gasteiger partial charge in [0.25, 0.3) is 0 Å². The molecule has 2 heterocycles. The van der Waals surface area contributed by atoms with Crippen LogP contribution in [0.2, 0.25) is 0 Å². The minimum absolute atomic E-state index is 0.242. The van der Waals surface area contributed by atoms with Crippen molar-refractivity contribution < 1.29 is 9.59 Å². The number of nitrogens with two attached hydrogens (primary N) is 1. The second-order valence-corrected chi connectivity index (χ2v) is 5.20. The Kier molecular flexibility index (Phi) is 3.31. The lowest BCUT2D eigenvalue weighted by molar-refractivity contribution is -0.128. The molecule has 108 valence electrons. The molecule has 2 atom stereocenters. The van der Waals surface area contributed by atoms with E-state index in [4.69, 9.17) is 5.73 Å². The van der Waals surface area contributed by atoms with Gasteiger partial charge < -0.3 is 16.4 Å². The van der Waals surface area contributed by atoms with Gasteiger partial charge in [0.2, 0.25) is 12.3 Å². The Balaban J connectivity index is 2.03. The van der Waals surface area contributed by atoms with E-state index in [1.54, 1.807) is 12.4 Å². The number of carbonyl (C=O) groups excluding carboxylic acids is 2. The van der Waals surface area contributed by atoms with E-state index in [1.165, 1.54) is 0 Å². The van der Waals surface area contributed by atoms with Crippen LogP contribution in [0.5, 0.6) is 0 Å². The SMILES string of the molecule is NC(c1ccc2ccncc2c1)[C@@]1(NC=O)CCNC1=O. The fourth-order valence-electron chi connectivity index (χ4n) is 2.86. The Bertz CT molecular complexity index is 703. The summed E-state index contributed by atoms with van der Waals surface area (Å²) in [7, 11) is 0. The van der Waals surface area contributed by atoms with Gasteiger partial charge in [-0.15, -0.1) is 0 Å². The highest BCUT2D eigenvalue weighted by Crippen LogP contribution is 2.31. The van der Waals surface area contributed by atoms with Crippen LogP contribution in [0.4, 0.5) is 0 Å². The van der Waals surface area contributed by atoms with Gasteiger partial charge in [0.15, 0.2) is 0 Å². The standard InChI is InChI=1S/C15H16N4O2/c16-13(15(19-9-20)4-6-18-14(15)21)11-2-1-10-3-5-17-8-12(10)7-11/h1-3,5,7-9,13H,4,6,16H2,(H,18,21)(H,19,20)/t13?,15-/m0/s1. The fourth-order valence-corrected chi connectivity index (χ4v) is 2.86. The zero-order valence-electron chi connectivity index (χ0n) is 11.4. The average Bonchev–Trinajstić information content (AvgIpc) is 2.88. The first-order chi connectivity index (χ1) is 10.2. The predicted molar refractivity (Wildman–Crippen MR) is 78.2 cm³/mol. The molecule has 4 N–H and O–H groups in total. The zero-order valence-corrected chi connectivity index (χ0v) is 11.4. The predicted octanol–water partition coefficient (Wildman–Crippen LogP) is 0.239. The number of pyridine rings is 1. The molecule has 2 aromatic rings. The van der Waals surface area contributed by atoms with Crippen molar-refractivity contribution in [3.63, 3.8) is 0 Å². The fraction of sp³-hybridized carbons (Fsp3) is 0.267. The monoisotopic (exact) mass is 284 g/mol. The number of hydrogen-bond acceptors (Lipinski definition) is 4. The Labute approximate surface area is 121 Å². The molecule has 1 unspecified atom stereocenters. The van der Waals surface area contributed by atoms with Crippen LogP contribution in [0.1, 0.15) is 18.0 Å². The van der Waals surface area contributed by atoms with Gasteiger partial charge in [-0.1, -0.05) is 12.1 Å². The molecule has 3 rings (SSSR count). The van der Waals surface area contributed by atoms with Gasteiger partial charge in [-0.3, -0.25) is 14.6 Å². The summed E-state index contributed by atoms with van der Waals surface area (Å²) in [6, 6.07) is 7.02. The van der Waals surface area contributed by atoms with Crippen LogP contribution in [0, 0.1) is 0 Å². The van der Waals surface area contributed by atoms with Gasteiger partial charge in [-0.05, 0) is 29.5 Å². The molecule has 1 aliphatic rings. The third-order valence-electron chi connectivity index (χ3n) is 4.08. The van der Waals surface area contributed by atoms with Gasteiger partial charge in [0, 0.05) is 24.3 Å². The van der Waals surface area contributed by atoms with E-state index in [2.05, 4.69) is 15.6 Å². The molecule has 2 amide bonds. The van der Waals surface area contributed by atoms with Gasteiger partial charge >= 0.3 is 0 Å². The van der Waals surface area contributed by atoms with Crippen LogP contribution >= 0.6 is 0 Å². The van der Waals surface area contributed by atoms with Gasteiger partial charge in [0.1, 0.15) is 5.54 Å². The third kappa shape index (κ3) is 2.13. The Morgan fingerprint density at radius 1 is 1.38 bits per heavy atom. The van der Waals surface area contributed by atoms with Crippen molar-refractivity contribution in [2.45, 2.75) is 18.0 Å². The largest absolute Gasteiger partial charge is 0.354 e. The van der Waals surface area contributed by atoms with Gasteiger partial charge in [0.05, 0.1) is 6.04 Å². The lowest BCUT2D eigenvalue weighted by Gasteiger charge is -2.32. The third-order valence-corrected chi connectivity index (χ3v) is 4.08. The summed E-state index contributed by atoms with van der Waals surface area (Å²) in [5.74, 6) is -0.242. The van der Waals surface area contributed by atoms with E-state index in [0.717, 1.165) is 16.3 Å². The first-order valence-corrected chi connectivity index (χ1v) is 6.76. The summed E-state index contributed by atoms with van der Waals surface area (Å²) in [6.45, 7) is 0.502. The molecule has 1 aliphatic heterocycles. The summed E-state index contributed by atoms with van der Waals surface area (Å²) in [6.07, 6.45) is 4.48. The number of hydrogen-bond donors (Lipinski definition) is 3. The summed E-state index contributed by atoms with van der Waals surface area (Å²) >= 11 is 0. The number of nitrogens with one attached hydrogen (secondary N) is 2. The Morgan fingerprint density at radius 2 is 2.24 bits per heavy atom. The molecule has 0 aliphatic carbocycles. The number of aromatic nitrogens is 1. The maximum Gasteiger partial charge on any atom is 0.247 e. The summed E-state index contributed by atoms with van der Waals surface area (Å²) < 4.78 is 0. The molecule has 1 aromatic heterocycles. The van der Waals surface area contributed by atoms with E-state index < -0.39 is 11.6 Å². The molecule has 1 fully saturated rings. The normalized spacial score (nSPS) is 22.8. The van der Waals surface area contributed by atoms with Crippen LogP contribution in [0.3, 0.4) is 0 Å². The molecular weight excluding hydrogens is 268 g/mol. The van der Waals surface area contributed by atoms with Crippen LogP contribution in [0.25, 0.3) is 10.8 Å². The molecule has 0 radical (unpaired) electrons. The number of carbonyl (C=O) groups is 2. The van der Waals surface area contributed by atoms with Crippen LogP contribution in [-0.2, 0) is 9.59 Å². The van der Waals surface area contributed by atoms with E-state index in [0.29, 0.717) is 19.4 Å². The number of benzene rings is 1. The quantitative estimate of drug-likeness (QED) is 0.701. The lowest BCUT2D eigenvalue weighted by atomic mass is 9.84. The van der Waals surface area contributed by atoms with Crippen molar-refractivity contribution in [3.05, 3.63) is 42.2 Å². The van der Waals surface area contributed by atoms with Crippen molar-refractivity contribution in [3.8, 4) is 0 Å². The highest BCUT2D eigenvalue weighted by molar-refractivity contribution is 5.92. The Hall–Kier alpha value is -2.47. The maximum absolute atomic E-state index is 12.1. The zero-order chi connectivity index (χ0) is 14.9. The first-order valence-electron chi connectivity index (χ1n) is 6.76. The molecule has 21 heavy (non-hydrogen) atoms. The van der Waals surface area contributed by atoms with Crippen molar-refractivity contribution >= 4 is 23.1 Å². The van der Waals surface area contributed by atoms with E-state index in [9.17, 15) is 9.59 Å². The number of fused-ring (bicyclic) bond motifs is 1. The summed E-state index contributed by atoms with van der Waals surface area (Å²) in [4.78, 5) is 27.1. The molecule has 6 heteroatoms. The molecule has 6 nitrogen and oxygen atoms in total. The number of amides is 2. The minimum atomic E-state index is -1.09. The molecule has 0 saturated carbocycles. The molecule has 0 bridgehead atoms. The highest BCUT2D eigenvalue weighted by atomic mass is 16.2. The van der Waals surface area contributed by atoms with Crippen molar-refractivity contribution in [2.75, 3.05) is 6.54 Å².